The lowest BCUT2D eigenvalue weighted by atomic mass is 10.3. The smallest absolute Gasteiger partial charge is 0.271 e. The summed E-state index contributed by atoms with van der Waals surface area (Å²) in [6.45, 7) is 1.56. The van der Waals surface area contributed by atoms with Crippen molar-refractivity contribution in [2.75, 3.05) is 32.1 Å². The van der Waals surface area contributed by atoms with E-state index in [-0.39, 0.29) is 24.1 Å². The van der Waals surface area contributed by atoms with Gasteiger partial charge >= 0.3 is 0 Å². The Labute approximate surface area is 150 Å². The summed E-state index contributed by atoms with van der Waals surface area (Å²) < 4.78 is 5.28. The fraction of sp³-hybridized carbons (Fsp3) is 0.353. The first-order valence-corrected chi connectivity index (χ1v) is 8.97. The van der Waals surface area contributed by atoms with Gasteiger partial charge in [0.05, 0.1) is 19.3 Å². The van der Waals surface area contributed by atoms with Crippen LogP contribution in [-0.4, -0.2) is 48.4 Å². The molecule has 1 aromatic heterocycles. The lowest BCUT2D eigenvalue weighted by molar-refractivity contribution is -0.129. The van der Waals surface area contributed by atoms with Crippen LogP contribution in [0.25, 0.3) is 0 Å². The van der Waals surface area contributed by atoms with Gasteiger partial charge in [0.15, 0.2) is 5.13 Å². The van der Waals surface area contributed by atoms with Crippen LogP contribution in [0.4, 0.5) is 10.8 Å². The van der Waals surface area contributed by atoms with Crippen molar-refractivity contribution in [3.05, 3.63) is 35.3 Å². The third-order valence-corrected chi connectivity index (χ3v) is 4.70. The number of rotatable bonds is 6. The lowest BCUT2D eigenvalue weighted by Crippen LogP contribution is -2.38. The average Bonchev–Trinajstić information content (AvgIpc) is 3.32. The Kier molecular flexibility index (Phi) is 5.49. The lowest BCUT2D eigenvalue weighted by Gasteiger charge is -2.15. The Morgan fingerprint density at radius 1 is 1.28 bits per heavy atom. The molecule has 25 heavy (non-hydrogen) atoms. The largest absolute Gasteiger partial charge is 0.495 e. The number of carbonyl (C=O) groups excluding carboxylic acids is 2. The average molecular weight is 360 g/mol. The zero-order valence-corrected chi connectivity index (χ0v) is 14.8. The molecular formula is C17H20N4O3S. The molecule has 0 radical (unpaired) electrons. The van der Waals surface area contributed by atoms with Crippen LogP contribution >= 0.6 is 11.3 Å². The van der Waals surface area contributed by atoms with Gasteiger partial charge in [0.1, 0.15) is 11.4 Å². The zero-order valence-electron chi connectivity index (χ0n) is 13.9. The van der Waals surface area contributed by atoms with Gasteiger partial charge in [-0.3, -0.25) is 9.59 Å². The Hall–Kier alpha value is -2.61. The Bertz CT molecular complexity index is 756. The summed E-state index contributed by atoms with van der Waals surface area (Å²) in [5, 5.41) is 8.02. The molecular weight excluding hydrogens is 340 g/mol. The van der Waals surface area contributed by atoms with Crippen molar-refractivity contribution in [2.24, 2.45) is 0 Å². The van der Waals surface area contributed by atoms with Crippen LogP contribution < -0.4 is 15.4 Å². The number of likely N-dealkylation sites (tertiary alicyclic amines) is 1. The quantitative estimate of drug-likeness (QED) is 0.825. The summed E-state index contributed by atoms with van der Waals surface area (Å²) in [7, 11) is 1.60. The number of carbonyl (C=O) groups is 2. The Morgan fingerprint density at radius 2 is 2.04 bits per heavy atom. The number of hydrogen-bond donors (Lipinski definition) is 2. The predicted octanol–water partition coefficient (Wildman–Crippen LogP) is 2.25. The van der Waals surface area contributed by atoms with Gasteiger partial charge in [0.25, 0.3) is 5.91 Å². The van der Waals surface area contributed by atoms with Crippen molar-refractivity contribution in [2.45, 2.75) is 12.8 Å². The van der Waals surface area contributed by atoms with E-state index in [0.717, 1.165) is 31.6 Å². The van der Waals surface area contributed by atoms with E-state index in [1.54, 1.807) is 17.4 Å². The minimum absolute atomic E-state index is 0.00559. The number of hydrogen-bond acceptors (Lipinski definition) is 6. The van der Waals surface area contributed by atoms with Gasteiger partial charge in [-0.1, -0.05) is 12.1 Å². The zero-order chi connectivity index (χ0) is 17.6. The van der Waals surface area contributed by atoms with E-state index in [4.69, 9.17) is 4.74 Å². The van der Waals surface area contributed by atoms with Gasteiger partial charge in [-0.2, -0.15) is 0 Å². The second-order valence-corrected chi connectivity index (χ2v) is 6.49. The maximum absolute atomic E-state index is 12.2. The SMILES string of the molecule is COc1ccccc1Nc1nc(C(=O)NCC(=O)N2CCCC2)cs1. The summed E-state index contributed by atoms with van der Waals surface area (Å²) in [4.78, 5) is 30.2. The number of ether oxygens (including phenoxy) is 1. The monoisotopic (exact) mass is 360 g/mol. The van der Waals surface area contributed by atoms with Crippen molar-refractivity contribution in [3.63, 3.8) is 0 Å². The van der Waals surface area contributed by atoms with Gasteiger partial charge in [-0.15, -0.1) is 11.3 Å². The van der Waals surface area contributed by atoms with Crippen LogP contribution in [0.3, 0.4) is 0 Å². The molecule has 2 N–H and O–H groups in total. The first kappa shape index (κ1) is 17.2. The minimum Gasteiger partial charge on any atom is -0.495 e. The number of anilines is 2. The molecule has 2 heterocycles. The van der Waals surface area contributed by atoms with Crippen molar-refractivity contribution in [1.82, 2.24) is 15.2 Å². The molecule has 0 spiro atoms. The number of thiazole rings is 1. The molecule has 0 bridgehead atoms. The molecule has 1 saturated heterocycles. The number of nitrogens with one attached hydrogen (secondary N) is 2. The number of benzene rings is 1. The number of amides is 2. The van der Waals surface area contributed by atoms with E-state index in [0.29, 0.717) is 10.9 Å². The number of aromatic nitrogens is 1. The van der Waals surface area contributed by atoms with Crippen LogP contribution in [-0.2, 0) is 4.79 Å². The molecule has 1 fully saturated rings. The van der Waals surface area contributed by atoms with Crippen molar-refractivity contribution in [3.8, 4) is 5.75 Å². The number of para-hydroxylation sites is 2. The molecule has 0 unspecified atom stereocenters. The molecule has 2 aromatic rings. The first-order chi connectivity index (χ1) is 12.2. The van der Waals surface area contributed by atoms with Crippen LogP contribution in [0.2, 0.25) is 0 Å². The van der Waals surface area contributed by atoms with Crippen molar-refractivity contribution in [1.29, 1.82) is 0 Å². The molecule has 8 heteroatoms. The number of nitrogens with zero attached hydrogens (tertiary/aromatic N) is 2. The summed E-state index contributed by atoms with van der Waals surface area (Å²) in [5.74, 6) is 0.297. The highest BCUT2D eigenvalue weighted by Gasteiger charge is 2.19. The molecule has 2 amide bonds. The van der Waals surface area contributed by atoms with Gasteiger partial charge in [-0.05, 0) is 25.0 Å². The molecule has 3 rings (SSSR count). The van der Waals surface area contributed by atoms with Crippen LogP contribution in [0.1, 0.15) is 23.3 Å². The fourth-order valence-corrected chi connectivity index (χ4v) is 3.33. The number of methoxy groups -OCH3 is 1. The van der Waals surface area contributed by atoms with Gasteiger partial charge < -0.3 is 20.3 Å². The normalized spacial score (nSPS) is 13.6. The van der Waals surface area contributed by atoms with Crippen LogP contribution in [0.5, 0.6) is 5.75 Å². The van der Waals surface area contributed by atoms with E-state index in [1.807, 2.05) is 24.3 Å². The highest BCUT2D eigenvalue weighted by Crippen LogP contribution is 2.28. The van der Waals surface area contributed by atoms with Crippen LogP contribution in [0.15, 0.2) is 29.6 Å². The summed E-state index contributed by atoms with van der Waals surface area (Å²) in [5.41, 5.74) is 1.06. The summed E-state index contributed by atoms with van der Waals surface area (Å²) >= 11 is 1.32. The topological polar surface area (TPSA) is 83.6 Å². The van der Waals surface area contributed by atoms with Gasteiger partial charge in [0, 0.05) is 18.5 Å². The van der Waals surface area contributed by atoms with Gasteiger partial charge in [0.2, 0.25) is 5.91 Å². The molecule has 0 saturated carbocycles. The molecule has 1 aliphatic rings. The minimum atomic E-state index is -0.350. The van der Waals surface area contributed by atoms with E-state index in [9.17, 15) is 9.59 Å². The van der Waals surface area contributed by atoms with Crippen LogP contribution in [0, 0.1) is 0 Å². The van der Waals surface area contributed by atoms with Gasteiger partial charge in [-0.25, -0.2) is 4.98 Å². The maximum atomic E-state index is 12.2. The molecule has 0 atom stereocenters. The van der Waals surface area contributed by atoms with E-state index >= 15 is 0 Å². The standard InChI is InChI=1S/C17H20N4O3S/c1-24-14-7-3-2-6-12(14)19-17-20-13(11-25-17)16(23)18-10-15(22)21-8-4-5-9-21/h2-3,6-7,11H,4-5,8-10H2,1H3,(H,18,23)(H,19,20). The third-order valence-electron chi connectivity index (χ3n) is 3.94. The summed E-state index contributed by atoms with van der Waals surface area (Å²) in [6.07, 6.45) is 2.06. The third kappa shape index (κ3) is 4.27. The highest BCUT2D eigenvalue weighted by atomic mass is 32.1. The highest BCUT2D eigenvalue weighted by molar-refractivity contribution is 7.14. The fourth-order valence-electron chi connectivity index (χ4n) is 2.62. The van der Waals surface area contributed by atoms with Crippen molar-refractivity contribution >= 4 is 34.0 Å². The molecule has 132 valence electrons. The molecule has 7 nitrogen and oxygen atoms in total. The van der Waals surface area contributed by atoms with Crippen molar-refractivity contribution < 1.29 is 14.3 Å². The Balaban J connectivity index is 1.57. The second kappa shape index (κ2) is 7.98. The Morgan fingerprint density at radius 3 is 2.80 bits per heavy atom. The molecule has 1 aromatic carbocycles. The van der Waals surface area contributed by atoms with E-state index < -0.39 is 0 Å². The maximum Gasteiger partial charge on any atom is 0.271 e. The molecule has 1 aliphatic heterocycles. The van der Waals surface area contributed by atoms with E-state index in [2.05, 4.69) is 15.6 Å². The summed E-state index contributed by atoms with van der Waals surface area (Å²) in [6, 6.07) is 7.47. The first-order valence-electron chi connectivity index (χ1n) is 8.09. The second-order valence-electron chi connectivity index (χ2n) is 5.63. The van der Waals surface area contributed by atoms with E-state index in [1.165, 1.54) is 11.3 Å². The predicted molar refractivity (Wildman–Crippen MR) is 96.5 cm³/mol. The molecule has 0 aliphatic carbocycles.